The van der Waals surface area contributed by atoms with Crippen molar-refractivity contribution in [3.8, 4) is 5.75 Å². The van der Waals surface area contributed by atoms with Gasteiger partial charge in [-0.15, -0.1) is 0 Å². The van der Waals surface area contributed by atoms with Crippen LogP contribution in [0.25, 0.3) is 0 Å². The molecule has 2 aromatic carbocycles. The number of amides is 2. The van der Waals surface area contributed by atoms with Crippen LogP contribution in [0.2, 0.25) is 0 Å². The molecule has 0 aliphatic carbocycles. The number of para-hydroxylation sites is 3. The van der Waals surface area contributed by atoms with E-state index in [2.05, 4.69) is 5.32 Å². The average Bonchev–Trinajstić information content (AvgIpc) is 2.70. The fourth-order valence-corrected chi connectivity index (χ4v) is 2.75. The lowest BCUT2D eigenvalue weighted by Gasteiger charge is -2.29. The zero-order valence-electron chi connectivity index (χ0n) is 15.5. The third-order valence-electron chi connectivity index (χ3n) is 4.24. The zero-order chi connectivity index (χ0) is 21.0. The largest absolute Gasteiger partial charge is 0.482 e. The average molecular weight is 404 g/mol. The minimum atomic E-state index is -1.28. The maximum absolute atomic E-state index is 13.6. The second kappa shape index (κ2) is 8.68. The smallest absolute Gasteiger partial charge is 0.308 e. The van der Waals surface area contributed by atoms with E-state index in [9.17, 15) is 23.2 Å². The molecule has 29 heavy (non-hydrogen) atoms. The van der Waals surface area contributed by atoms with Crippen LogP contribution in [0.15, 0.2) is 42.5 Å². The van der Waals surface area contributed by atoms with Gasteiger partial charge in [0.15, 0.2) is 12.7 Å². The van der Waals surface area contributed by atoms with Crippen molar-refractivity contribution in [2.75, 3.05) is 23.4 Å². The number of halogens is 2. The lowest BCUT2D eigenvalue weighted by atomic mass is 10.2. The van der Waals surface area contributed by atoms with E-state index >= 15 is 0 Å². The number of fused-ring (bicyclic) bond motifs is 1. The van der Waals surface area contributed by atoms with Crippen molar-refractivity contribution < 1.29 is 32.6 Å². The Hall–Kier alpha value is -3.49. The molecular formula is C20H18F2N2O5. The molecule has 2 amide bonds. The van der Waals surface area contributed by atoms with Crippen molar-refractivity contribution in [3.63, 3.8) is 0 Å². The number of anilines is 2. The maximum Gasteiger partial charge on any atom is 0.308 e. The van der Waals surface area contributed by atoms with Crippen molar-refractivity contribution in [2.24, 2.45) is 0 Å². The van der Waals surface area contributed by atoms with Gasteiger partial charge in [-0.2, -0.15) is 0 Å². The number of carbonyl (C=O) groups is 3. The Morgan fingerprint density at radius 3 is 2.59 bits per heavy atom. The number of rotatable bonds is 6. The number of hydrogen-bond acceptors (Lipinski definition) is 5. The molecule has 1 aliphatic heterocycles. The first kappa shape index (κ1) is 20.2. The molecule has 1 atom stereocenters. The van der Waals surface area contributed by atoms with Gasteiger partial charge in [0.1, 0.15) is 23.1 Å². The molecule has 7 nitrogen and oxygen atoms in total. The van der Waals surface area contributed by atoms with Crippen LogP contribution in [-0.2, 0) is 19.1 Å². The molecule has 1 N–H and O–H groups in total. The molecule has 0 spiro atoms. The number of nitrogens with one attached hydrogen (secondary N) is 1. The van der Waals surface area contributed by atoms with Crippen LogP contribution in [0, 0.1) is 11.6 Å². The highest BCUT2D eigenvalue weighted by Crippen LogP contribution is 2.31. The molecule has 2 aromatic rings. The van der Waals surface area contributed by atoms with E-state index in [1.54, 1.807) is 24.3 Å². The maximum atomic E-state index is 13.6. The first-order chi connectivity index (χ1) is 13.9. The van der Waals surface area contributed by atoms with Gasteiger partial charge in [0.25, 0.3) is 11.8 Å². The standard InChI is InChI=1S/C20H18F2N2O5/c1-12(20(27)23-19-13(21)5-4-6-14(19)22)29-18(26)9-10-24-15-7-2-3-8-16(15)28-11-17(24)25/h2-8,12H,9-11H2,1H3,(H,23,27)/t12-/m0/s1. The summed E-state index contributed by atoms with van der Waals surface area (Å²) in [6, 6.07) is 10.0. The SMILES string of the molecule is C[C@H](OC(=O)CCN1C(=O)COc2ccccc21)C(=O)Nc1c(F)cccc1F. The van der Waals surface area contributed by atoms with Gasteiger partial charge in [0.2, 0.25) is 0 Å². The van der Waals surface area contributed by atoms with Gasteiger partial charge < -0.3 is 19.7 Å². The summed E-state index contributed by atoms with van der Waals surface area (Å²) in [5.74, 6) is -3.28. The van der Waals surface area contributed by atoms with E-state index in [4.69, 9.17) is 9.47 Å². The minimum Gasteiger partial charge on any atom is -0.482 e. The normalized spacial score (nSPS) is 13.9. The summed E-state index contributed by atoms with van der Waals surface area (Å²) >= 11 is 0. The summed E-state index contributed by atoms with van der Waals surface area (Å²) in [4.78, 5) is 37.6. The number of ether oxygens (including phenoxy) is 2. The summed E-state index contributed by atoms with van der Waals surface area (Å²) < 4.78 is 37.6. The van der Waals surface area contributed by atoms with E-state index in [-0.39, 0.29) is 25.5 Å². The second-order valence-electron chi connectivity index (χ2n) is 6.27. The van der Waals surface area contributed by atoms with Gasteiger partial charge in [-0.3, -0.25) is 14.4 Å². The van der Waals surface area contributed by atoms with Crippen LogP contribution in [0.4, 0.5) is 20.2 Å². The monoisotopic (exact) mass is 404 g/mol. The van der Waals surface area contributed by atoms with Crippen LogP contribution in [-0.4, -0.2) is 37.0 Å². The highest BCUT2D eigenvalue weighted by Gasteiger charge is 2.26. The molecule has 3 rings (SSSR count). The Morgan fingerprint density at radius 1 is 1.17 bits per heavy atom. The molecule has 0 saturated heterocycles. The second-order valence-corrected chi connectivity index (χ2v) is 6.27. The van der Waals surface area contributed by atoms with E-state index < -0.39 is 35.3 Å². The Balaban J connectivity index is 1.55. The Bertz CT molecular complexity index is 930. The number of esters is 1. The number of hydrogen-bond donors (Lipinski definition) is 1. The van der Waals surface area contributed by atoms with E-state index in [1.807, 2.05) is 0 Å². The number of nitrogens with zero attached hydrogens (tertiary/aromatic N) is 1. The molecule has 1 heterocycles. The van der Waals surface area contributed by atoms with Crippen LogP contribution >= 0.6 is 0 Å². The number of carbonyl (C=O) groups excluding carboxylic acids is 3. The van der Waals surface area contributed by atoms with Gasteiger partial charge in [-0.25, -0.2) is 8.78 Å². The molecule has 1 aliphatic rings. The molecule has 0 aromatic heterocycles. The summed E-state index contributed by atoms with van der Waals surface area (Å²) in [7, 11) is 0. The van der Waals surface area contributed by atoms with Crippen molar-refractivity contribution >= 4 is 29.2 Å². The predicted octanol–water partition coefficient (Wildman–Crippen LogP) is 2.65. The Labute approximate surface area is 165 Å². The Morgan fingerprint density at radius 2 is 1.86 bits per heavy atom. The van der Waals surface area contributed by atoms with Crippen molar-refractivity contribution in [1.82, 2.24) is 0 Å². The van der Waals surface area contributed by atoms with Crippen LogP contribution in [0.3, 0.4) is 0 Å². The Kier molecular flexibility index (Phi) is 6.06. The molecule has 0 unspecified atom stereocenters. The molecular weight excluding hydrogens is 386 g/mol. The fraction of sp³-hybridized carbons (Fsp3) is 0.250. The third-order valence-corrected chi connectivity index (χ3v) is 4.24. The molecule has 0 fully saturated rings. The highest BCUT2D eigenvalue weighted by molar-refractivity contribution is 5.98. The molecule has 0 saturated carbocycles. The summed E-state index contributed by atoms with van der Waals surface area (Å²) in [5.41, 5.74) is -0.0757. The minimum absolute atomic E-state index is 0.0360. The predicted molar refractivity (Wildman–Crippen MR) is 99.4 cm³/mol. The summed E-state index contributed by atoms with van der Waals surface area (Å²) in [5, 5.41) is 2.06. The van der Waals surface area contributed by atoms with Gasteiger partial charge in [0.05, 0.1) is 12.1 Å². The van der Waals surface area contributed by atoms with E-state index in [0.29, 0.717) is 11.4 Å². The molecule has 0 bridgehead atoms. The van der Waals surface area contributed by atoms with Gasteiger partial charge >= 0.3 is 5.97 Å². The van der Waals surface area contributed by atoms with Crippen LogP contribution in [0.1, 0.15) is 13.3 Å². The van der Waals surface area contributed by atoms with E-state index in [0.717, 1.165) is 18.2 Å². The lowest BCUT2D eigenvalue weighted by molar-refractivity contribution is -0.153. The number of benzene rings is 2. The summed E-state index contributed by atoms with van der Waals surface area (Å²) in [6.45, 7) is 1.18. The van der Waals surface area contributed by atoms with Crippen LogP contribution < -0.4 is 15.0 Å². The molecule has 9 heteroatoms. The quantitative estimate of drug-likeness (QED) is 0.749. The van der Waals surface area contributed by atoms with E-state index in [1.165, 1.54) is 11.8 Å². The van der Waals surface area contributed by atoms with Crippen molar-refractivity contribution in [3.05, 3.63) is 54.1 Å². The molecule has 152 valence electrons. The summed E-state index contributed by atoms with van der Waals surface area (Å²) in [6.07, 6.45) is -1.46. The first-order valence-corrected chi connectivity index (χ1v) is 8.83. The van der Waals surface area contributed by atoms with Crippen LogP contribution in [0.5, 0.6) is 5.75 Å². The fourth-order valence-electron chi connectivity index (χ4n) is 2.75. The zero-order valence-corrected chi connectivity index (χ0v) is 15.5. The third kappa shape index (κ3) is 4.68. The van der Waals surface area contributed by atoms with Crippen molar-refractivity contribution in [2.45, 2.75) is 19.4 Å². The van der Waals surface area contributed by atoms with Gasteiger partial charge in [0, 0.05) is 6.54 Å². The lowest BCUT2D eigenvalue weighted by Crippen LogP contribution is -2.40. The highest BCUT2D eigenvalue weighted by atomic mass is 19.1. The van der Waals surface area contributed by atoms with Gasteiger partial charge in [-0.05, 0) is 31.2 Å². The van der Waals surface area contributed by atoms with Crippen molar-refractivity contribution in [1.29, 1.82) is 0 Å². The molecule has 0 radical (unpaired) electrons. The first-order valence-electron chi connectivity index (χ1n) is 8.83. The topological polar surface area (TPSA) is 84.9 Å². The van der Waals surface area contributed by atoms with Gasteiger partial charge in [-0.1, -0.05) is 18.2 Å².